The highest BCUT2D eigenvalue weighted by Gasteiger charge is 2.51. The van der Waals surface area contributed by atoms with Crippen molar-refractivity contribution in [2.75, 3.05) is 19.6 Å². The number of rotatable bonds is 7. The Morgan fingerprint density at radius 2 is 1.62 bits per heavy atom. The van der Waals surface area contributed by atoms with E-state index in [1.807, 2.05) is 30.3 Å². The summed E-state index contributed by atoms with van der Waals surface area (Å²) in [5.74, 6) is -0.792. The first-order chi connectivity index (χ1) is 20.2. The lowest BCUT2D eigenvalue weighted by Gasteiger charge is -2.55. The Balaban J connectivity index is 1.52. The molecule has 0 spiro atoms. The van der Waals surface area contributed by atoms with Gasteiger partial charge in [0.1, 0.15) is 12.2 Å². The van der Waals surface area contributed by atoms with E-state index in [1.54, 1.807) is 41.4 Å². The van der Waals surface area contributed by atoms with E-state index in [0.717, 1.165) is 17.7 Å². The quantitative estimate of drug-likeness (QED) is 0.418. The Morgan fingerprint density at radius 1 is 0.952 bits per heavy atom. The van der Waals surface area contributed by atoms with Crippen LogP contribution < -0.4 is 5.32 Å². The molecule has 218 valence electrons. The Hall–Kier alpha value is -4.64. The summed E-state index contributed by atoms with van der Waals surface area (Å²) < 4.78 is 40.3. The molecule has 3 aromatic rings. The molecule has 42 heavy (non-hydrogen) atoms. The summed E-state index contributed by atoms with van der Waals surface area (Å²) in [6.07, 6.45) is -3.89. The van der Waals surface area contributed by atoms with Crippen molar-refractivity contribution in [3.63, 3.8) is 0 Å². The van der Waals surface area contributed by atoms with E-state index >= 15 is 0 Å². The summed E-state index contributed by atoms with van der Waals surface area (Å²) in [6.45, 7) is 3.78. The molecule has 2 heterocycles. The van der Waals surface area contributed by atoms with Gasteiger partial charge in [-0.25, -0.2) is 14.8 Å². The topological polar surface area (TPSA) is 76.2 Å². The molecule has 2 aliphatic heterocycles. The van der Waals surface area contributed by atoms with Crippen LogP contribution in [0.1, 0.15) is 28.3 Å². The Morgan fingerprint density at radius 3 is 2.29 bits per heavy atom. The number of fused-ring (bicyclic) bond motifs is 1. The van der Waals surface area contributed by atoms with E-state index in [2.05, 4.69) is 11.9 Å². The monoisotopic (exact) mass is 577 g/mol. The van der Waals surface area contributed by atoms with Gasteiger partial charge >= 0.3 is 12.2 Å². The fourth-order valence-electron chi connectivity index (χ4n) is 5.41. The average Bonchev–Trinajstić information content (AvgIpc) is 2.98. The van der Waals surface area contributed by atoms with Crippen molar-refractivity contribution in [2.24, 2.45) is 0 Å². The van der Waals surface area contributed by atoms with Crippen LogP contribution >= 0.6 is 0 Å². The standard InChI is InChI=1S/C31H30F3N5O3/c1-2-16-37-21-27(40)38-26(39(37)30(42)35-18-22-10-5-3-6-11-22)20-36(29(41)28(38)24-13-7-4-8-14-24)19-23-12-9-15-25(17-23)31(32,33)34/h2-15,17,26,28H,1,16,18-21H2,(H,35,42)/t26-,28-/m0/s1. The first-order valence-corrected chi connectivity index (χ1v) is 13.4. The summed E-state index contributed by atoms with van der Waals surface area (Å²) in [5, 5.41) is 5.89. The number of hydrogen-bond acceptors (Lipinski definition) is 4. The first-order valence-electron chi connectivity index (χ1n) is 13.4. The zero-order valence-corrected chi connectivity index (χ0v) is 22.7. The predicted octanol–water partition coefficient (Wildman–Crippen LogP) is 4.57. The van der Waals surface area contributed by atoms with E-state index in [-0.39, 0.29) is 44.2 Å². The second kappa shape index (κ2) is 12.1. The van der Waals surface area contributed by atoms with Crippen molar-refractivity contribution in [1.82, 2.24) is 25.1 Å². The number of nitrogens with one attached hydrogen (secondary N) is 1. The number of hydrazine groups is 1. The Bertz CT molecular complexity index is 1450. The maximum absolute atomic E-state index is 14.0. The van der Waals surface area contributed by atoms with Crippen molar-refractivity contribution < 1.29 is 27.6 Å². The summed E-state index contributed by atoms with van der Waals surface area (Å²) in [4.78, 5) is 44.1. The molecule has 2 saturated heterocycles. The molecule has 2 fully saturated rings. The molecule has 0 unspecified atom stereocenters. The van der Waals surface area contributed by atoms with Crippen molar-refractivity contribution >= 4 is 17.8 Å². The highest BCUT2D eigenvalue weighted by Crippen LogP contribution is 2.36. The summed E-state index contributed by atoms with van der Waals surface area (Å²) in [5.41, 5.74) is 0.871. The molecule has 0 aliphatic carbocycles. The molecule has 2 atom stereocenters. The van der Waals surface area contributed by atoms with Gasteiger partial charge in [0.2, 0.25) is 5.91 Å². The molecular weight excluding hydrogens is 547 g/mol. The third-order valence-corrected chi connectivity index (χ3v) is 7.30. The number of nitrogens with zero attached hydrogens (tertiary/aromatic N) is 4. The zero-order valence-electron chi connectivity index (χ0n) is 22.7. The minimum Gasteiger partial charge on any atom is -0.333 e. The smallest absolute Gasteiger partial charge is 0.333 e. The molecule has 0 bridgehead atoms. The maximum atomic E-state index is 14.0. The number of carbonyl (C=O) groups excluding carboxylic acids is 3. The van der Waals surface area contributed by atoms with E-state index in [9.17, 15) is 27.6 Å². The van der Waals surface area contributed by atoms with Crippen LogP contribution in [0.2, 0.25) is 0 Å². The lowest BCUT2D eigenvalue weighted by molar-refractivity contribution is -0.190. The summed E-state index contributed by atoms with van der Waals surface area (Å²) >= 11 is 0. The van der Waals surface area contributed by atoms with Crippen LogP contribution in [-0.2, 0) is 28.9 Å². The van der Waals surface area contributed by atoms with Crippen molar-refractivity contribution in [1.29, 1.82) is 0 Å². The van der Waals surface area contributed by atoms with Crippen LogP contribution in [0.3, 0.4) is 0 Å². The molecule has 8 nitrogen and oxygen atoms in total. The fraction of sp³-hybridized carbons (Fsp3) is 0.258. The average molecular weight is 578 g/mol. The van der Waals surface area contributed by atoms with Gasteiger partial charge in [0.15, 0.2) is 0 Å². The van der Waals surface area contributed by atoms with Crippen LogP contribution in [0.4, 0.5) is 18.0 Å². The van der Waals surface area contributed by atoms with Gasteiger partial charge in [-0.1, -0.05) is 78.9 Å². The van der Waals surface area contributed by atoms with Gasteiger partial charge in [-0.3, -0.25) is 9.59 Å². The summed E-state index contributed by atoms with van der Waals surface area (Å²) in [6, 6.07) is 21.3. The zero-order chi connectivity index (χ0) is 29.9. The van der Waals surface area contributed by atoms with Gasteiger partial charge in [-0.05, 0) is 28.8 Å². The Labute approximate surface area is 241 Å². The van der Waals surface area contributed by atoms with Gasteiger partial charge < -0.3 is 15.1 Å². The third-order valence-electron chi connectivity index (χ3n) is 7.30. The fourth-order valence-corrected chi connectivity index (χ4v) is 5.41. The molecule has 0 radical (unpaired) electrons. The third kappa shape index (κ3) is 6.01. The highest BCUT2D eigenvalue weighted by atomic mass is 19.4. The predicted molar refractivity (Wildman–Crippen MR) is 149 cm³/mol. The van der Waals surface area contributed by atoms with E-state index in [4.69, 9.17) is 0 Å². The number of urea groups is 1. The lowest BCUT2D eigenvalue weighted by Crippen LogP contribution is -2.74. The molecule has 1 N–H and O–H groups in total. The van der Waals surface area contributed by atoms with Gasteiger partial charge in [0.05, 0.1) is 18.7 Å². The Kier molecular flexibility index (Phi) is 8.30. The second-order valence-corrected chi connectivity index (χ2v) is 10.1. The van der Waals surface area contributed by atoms with Crippen LogP contribution in [0.15, 0.2) is 97.6 Å². The van der Waals surface area contributed by atoms with Gasteiger partial charge in [0, 0.05) is 19.6 Å². The molecule has 3 aromatic carbocycles. The summed E-state index contributed by atoms with van der Waals surface area (Å²) in [7, 11) is 0. The first kappa shape index (κ1) is 28.9. The lowest BCUT2D eigenvalue weighted by atomic mass is 9.98. The van der Waals surface area contributed by atoms with Crippen molar-refractivity contribution in [3.05, 3.63) is 120 Å². The molecule has 0 aromatic heterocycles. The normalized spacial score (nSPS) is 19.5. The van der Waals surface area contributed by atoms with E-state index < -0.39 is 35.9 Å². The number of hydrogen-bond donors (Lipinski definition) is 1. The molecule has 2 aliphatic rings. The van der Waals surface area contributed by atoms with Gasteiger partial charge in [0.25, 0.3) is 5.91 Å². The molecule has 11 heteroatoms. The van der Waals surface area contributed by atoms with Crippen molar-refractivity contribution in [2.45, 2.75) is 31.5 Å². The van der Waals surface area contributed by atoms with Crippen LogP contribution in [0.25, 0.3) is 0 Å². The molecule has 0 saturated carbocycles. The maximum Gasteiger partial charge on any atom is 0.416 e. The number of piperazine rings is 1. The number of benzene rings is 3. The molecule has 4 amide bonds. The number of amides is 4. The minimum atomic E-state index is -4.54. The van der Waals surface area contributed by atoms with E-state index in [1.165, 1.54) is 26.9 Å². The van der Waals surface area contributed by atoms with Crippen LogP contribution in [0.5, 0.6) is 0 Å². The van der Waals surface area contributed by atoms with Gasteiger partial charge in [-0.15, -0.1) is 6.58 Å². The van der Waals surface area contributed by atoms with Crippen molar-refractivity contribution in [3.8, 4) is 0 Å². The largest absolute Gasteiger partial charge is 0.416 e. The molecule has 5 rings (SSSR count). The van der Waals surface area contributed by atoms with Crippen LogP contribution in [0, 0.1) is 0 Å². The number of alkyl halides is 3. The number of carbonyl (C=O) groups is 3. The van der Waals surface area contributed by atoms with Gasteiger partial charge in [-0.2, -0.15) is 13.2 Å². The van der Waals surface area contributed by atoms with Crippen LogP contribution in [-0.4, -0.2) is 63.5 Å². The highest BCUT2D eigenvalue weighted by molar-refractivity contribution is 5.92. The SMILES string of the molecule is C=CCN1CC(=O)N2[C@@H](c3ccccc3)C(=O)N(Cc3cccc(C(F)(F)F)c3)C[C@@H]2N1C(=O)NCc1ccccc1. The second-order valence-electron chi connectivity index (χ2n) is 10.1. The minimum absolute atomic E-state index is 0.101. The molecular formula is C31H30F3N5O3. The van der Waals surface area contributed by atoms with E-state index in [0.29, 0.717) is 5.56 Å². The number of halogens is 3.